The molecule has 0 unspecified atom stereocenters. The molecule has 1 fully saturated rings. The number of hydrogen-bond acceptors (Lipinski definition) is 7. The molecule has 3 aromatic rings. The second kappa shape index (κ2) is 11.7. The van der Waals surface area contributed by atoms with Crippen molar-refractivity contribution in [2.24, 2.45) is 0 Å². The molecule has 0 radical (unpaired) electrons. The average Bonchev–Trinajstić information content (AvgIpc) is 3.44. The second-order valence-corrected chi connectivity index (χ2v) is 11.3. The van der Waals surface area contributed by atoms with Gasteiger partial charge in [0, 0.05) is 44.3 Å². The van der Waals surface area contributed by atoms with Gasteiger partial charge in [-0.25, -0.2) is 13.8 Å². The van der Waals surface area contributed by atoms with E-state index in [0.717, 1.165) is 12.1 Å². The van der Waals surface area contributed by atoms with Crippen molar-refractivity contribution in [1.29, 1.82) is 5.26 Å². The number of anilines is 3. The number of benzene rings is 2. The predicted molar refractivity (Wildman–Crippen MR) is 152 cm³/mol. The molecule has 2 aliphatic rings. The number of nitrogens with zero attached hydrogens (tertiary/aromatic N) is 5. The van der Waals surface area contributed by atoms with Gasteiger partial charge >= 0.3 is 6.18 Å². The van der Waals surface area contributed by atoms with Crippen molar-refractivity contribution in [3.05, 3.63) is 75.8 Å². The summed E-state index contributed by atoms with van der Waals surface area (Å²) in [5.41, 5.74) is -0.862. The molecule has 5 rings (SSSR count). The van der Waals surface area contributed by atoms with Crippen molar-refractivity contribution in [2.75, 3.05) is 54.9 Å². The number of piperazine rings is 1. The molecule has 1 saturated heterocycles. The Morgan fingerprint density at radius 1 is 1.14 bits per heavy atom. The molecule has 7 nitrogen and oxygen atoms in total. The number of nitriles is 1. The van der Waals surface area contributed by atoms with Gasteiger partial charge < -0.3 is 20.0 Å². The molecule has 1 N–H and O–H groups in total. The fraction of sp³-hybridized carbons (Fsp3) is 0.345. The summed E-state index contributed by atoms with van der Waals surface area (Å²) in [5.74, 6) is -2.75. The van der Waals surface area contributed by atoms with Gasteiger partial charge in [0.2, 0.25) is 0 Å². The Bertz CT molecular complexity index is 1580. The highest BCUT2D eigenvalue weighted by molar-refractivity contribution is 7.16. The molecule has 0 saturated carbocycles. The Balaban J connectivity index is 1.53. The molecule has 1 amide bonds. The van der Waals surface area contributed by atoms with Crippen molar-refractivity contribution in [3.63, 3.8) is 0 Å². The van der Waals surface area contributed by atoms with Crippen LogP contribution in [0.3, 0.4) is 0 Å². The van der Waals surface area contributed by atoms with Crippen molar-refractivity contribution < 1.29 is 26.7 Å². The maximum absolute atomic E-state index is 15.8. The van der Waals surface area contributed by atoms with Gasteiger partial charge in [0.05, 0.1) is 28.7 Å². The van der Waals surface area contributed by atoms with Crippen LogP contribution in [-0.2, 0) is 6.18 Å². The molecule has 0 bridgehead atoms. The van der Waals surface area contributed by atoms with Gasteiger partial charge in [0.15, 0.2) is 5.13 Å². The number of halogens is 5. The molecule has 1 aromatic heterocycles. The normalized spacial score (nSPS) is 18.0. The van der Waals surface area contributed by atoms with Crippen LogP contribution in [0.5, 0.6) is 0 Å². The van der Waals surface area contributed by atoms with E-state index in [4.69, 9.17) is 5.26 Å². The summed E-state index contributed by atoms with van der Waals surface area (Å²) in [6, 6.07) is 6.77. The highest BCUT2D eigenvalue weighted by atomic mass is 32.1. The quantitative estimate of drug-likeness (QED) is 0.362. The maximum atomic E-state index is 15.8. The van der Waals surface area contributed by atoms with E-state index < -0.39 is 34.8 Å². The van der Waals surface area contributed by atoms with Gasteiger partial charge in [-0.15, -0.1) is 0 Å². The van der Waals surface area contributed by atoms with Crippen molar-refractivity contribution in [1.82, 2.24) is 9.88 Å². The molecule has 2 aromatic carbocycles. The summed E-state index contributed by atoms with van der Waals surface area (Å²) >= 11 is 1.22. The van der Waals surface area contributed by atoms with Crippen molar-refractivity contribution >= 4 is 39.3 Å². The first-order chi connectivity index (χ1) is 19.9. The minimum absolute atomic E-state index is 0.102. The van der Waals surface area contributed by atoms with Crippen LogP contribution in [0.4, 0.5) is 38.5 Å². The lowest BCUT2D eigenvalue weighted by Crippen LogP contribution is -2.50. The van der Waals surface area contributed by atoms with Crippen LogP contribution < -0.4 is 15.1 Å². The third kappa shape index (κ3) is 6.10. The van der Waals surface area contributed by atoms with E-state index in [2.05, 4.69) is 21.3 Å². The molecule has 0 spiro atoms. The first-order valence-corrected chi connectivity index (χ1v) is 14.0. The van der Waals surface area contributed by atoms with E-state index in [1.54, 1.807) is 0 Å². The summed E-state index contributed by atoms with van der Waals surface area (Å²) in [6.07, 6.45) is -1.04. The zero-order valence-electron chi connectivity index (χ0n) is 22.8. The highest BCUT2D eigenvalue weighted by Gasteiger charge is 2.36. The fourth-order valence-electron chi connectivity index (χ4n) is 5.14. The largest absolute Gasteiger partial charge is 0.417 e. The van der Waals surface area contributed by atoms with E-state index in [1.807, 2.05) is 29.8 Å². The SMILES string of the molecule is C[C@H]1CN(c2cc(F)c(C3=CCCN(c4ncc(C#N)s4)C3)cc2NC(=O)c2ccc(F)cc2C(F)(F)F)CCN1C. The average molecular weight is 603 g/mol. The summed E-state index contributed by atoms with van der Waals surface area (Å²) in [5, 5.41) is 12.3. The van der Waals surface area contributed by atoms with E-state index in [-0.39, 0.29) is 29.9 Å². The lowest BCUT2D eigenvalue weighted by molar-refractivity contribution is -0.138. The number of nitrogens with one attached hydrogen (secondary N) is 1. The maximum Gasteiger partial charge on any atom is 0.417 e. The van der Waals surface area contributed by atoms with Crippen LogP contribution in [0.25, 0.3) is 5.57 Å². The lowest BCUT2D eigenvalue weighted by atomic mass is 9.98. The van der Waals surface area contributed by atoms with Gasteiger partial charge in [0.25, 0.3) is 5.91 Å². The number of carbonyl (C=O) groups is 1. The number of amides is 1. The standard InChI is InChI=1S/C29H27F5N6OS/c1-17-15-39(9-8-38(17)2)26-12-24(31)22(18-4-3-7-40(16-18)28-36-14-20(13-35)42-28)11-25(26)37-27(41)21-6-5-19(30)10-23(21)29(32,33)34/h4-6,10-12,14,17H,3,7-9,15-16H2,1-2H3,(H,37,41)/t17-/m0/s1. The lowest BCUT2D eigenvalue weighted by Gasteiger charge is -2.40. The van der Waals surface area contributed by atoms with E-state index in [1.165, 1.54) is 29.7 Å². The molecule has 13 heteroatoms. The predicted octanol–water partition coefficient (Wildman–Crippen LogP) is 6.00. The Hall–Kier alpha value is -4.02. The van der Waals surface area contributed by atoms with Crippen LogP contribution in [0, 0.1) is 23.0 Å². The van der Waals surface area contributed by atoms with Crippen molar-refractivity contribution in [2.45, 2.75) is 25.6 Å². The van der Waals surface area contributed by atoms with Crippen LogP contribution in [0.15, 0.2) is 42.6 Å². The third-order valence-corrected chi connectivity index (χ3v) is 8.50. The van der Waals surface area contributed by atoms with Crippen LogP contribution in [0.1, 0.15) is 39.7 Å². The molecule has 42 heavy (non-hydrogen) atoms. The van der Waals surface area contributed by atoms with Crippen LogP contribution in [-0.4, -0.2) is 61.6 Å². The summed E-state index contributed by atoms with van der Waals surface area (Å²) in [7, 11) is 1.96. The molecule has 220 valence electrons. The van der Waals surface area contributed by atoms with Gasteiger partial charge in [-0.1, -0.05) is 17.4 Å². The molecule has 0 aliphatic carbocycles. The number of hydrogen-bond donors (Lipinski definition) is 1. The monoisotopic (exact) mass is 602 g/mol. The van der Waals surface area contributed by atoms with Gasteiger partial charge in [0.1, 0.15) is 22.6 Å². The van der Waals surface area contributed by atoms with E-state index in [9.17, 15) is 22.4 Å². The number of likely N-dealkylation sites (N-methyl/N-ethyl adjacent to an activating group) is 1. The van der Waals surface area contributed by atoms with Crippen LogP contribution in [0.2, 0.25) is 0 Å². The minimum atomic E-state index is -4.96. The summed E-state index contributed by atoms with van der Waals surface area (Å²) in [6.45, 7) is 4.56. The third-order valence-electron chi connectivity index (χ3n) is 7.54. The summed E-state index contributed by atoms with van der Waals surface area (Å²) < 4.78 is 70.6. The first-order valence-electron chi connectivity index (χ1n) is 13.2. The molecular weight excluding hydrogens is 575 g/mol. The zero-order chi connectivity index (χ0) is 30.2. The Kier molecular flexibility index (Phi) is 8.21. The second-order valence-electron chi connectivity index (χ2n) is 10.3. The zero-order valence-corrected chi connectivity index (χ0v) is 23.6. The van der Waals surface area contributed by atoms with Gasteiger partial charge in [-0.05, 0) is 56.3 Å². The van der Waals surface area contributed by atoms with Gasteiger partial charge in [-0.2, -0.15) is 18.4 Å². The van der Waals surface area contributed by atoms with Gasteiger partial charge in [-0.3, -0.25) is 4.79 Å². The van der Waals surface area contributed by atoms with Crippen molar-refractivity contribution in [3.8, 4) is 6.07 Å². The molecular formula is C29H27F5N6OS. The molecule has 2 aliphatic heterocycles. The number of rotatable bonds is 5. The minimum Gasteiger partial charge on any atom is -0.367 e. The smallest absolute Gasteiger partial charge is 0.367 e. The fourth-order valence-corrected chi connectivity index (χ4v) is 5.88. The van der Waals surface area contributed by atoms with E-state index >= 15 is 4.39 Å². The summed E-state index contributed by atoms with van der Waals surface area (Å²) in [4.78, 5) is 24.0. The Morgan fingerprint density at radius 2 is 1.93 bits per heavy atom. The topological polar surface area (TPSA) is 75.5 Å². The van der Waals surface area contributed by atoms with E-state index in [0.29, 0.717) is 53.9 Å². The number of aromatic nitrogens is 1. The highest BCUT2D eigenvalue weighted by Crippen LogP contribution is 2.37. The number of alkyl halides is 3. The molecule has 3 heterocycles. The molecule has 1 atom stereocenters. The Morgan fingerprint density at radius 3 is 2.62 bits per heavy atom. The van der Waals surface area contributed by atoms with Crippen LogP contribution >= 0.6 is 11.3 Å². The Labute approximate surface area is 243 Å². The number of carbonyl (C=O) groups excluding carboxylic acids is 1. The first kappa shape index (κ1) is 29.5. The number of thiazole rings is 1.